The fraction of sp³-hybridized carbons (Fsp3) is 0.167. The second-order valence-corrected chi connectivity index (χ2v) is 5.59. The van der Waals surface area contributed by atoms with Crippen LogP contribution in [0.3, 0.4) is 0 Å². The van der Waals surface area contributed by atoms with E-state index in [0.717, 1.165) is 11.6 Å². The van der Waals surface area contributed by atoms with Crippen LogP contribution >= 0.6 is 0 Å². The van der Waals surface area contributed by atoms with Crippen LogP contribution in [-0.2, 0) is 17.4 Å². The molecule has 0 aliphatic carbocycles. The van der Waals surface area contributed by atoms with Crippen LogP contribution in [0.5, 0.6) is 0 Å². The SMILES string of the molecule is Cc1ccccc1-c1[nH]c2c(C(F)(F)F)cccc2c1CC(=O)O. The number of aromatic nitrogens is 1. The quantitative estimate of drug-likeness (QED) is 0.724. The number of aromatic amines is 1. The van der Waals surface area contributed by atoms with Gasteiger partial charge < -0.3 is 10.1 Å². The molecular weight excluding hydrogens is 319 g/mol. The predicted octanol–water partition coefficient (Wildman–Crippen LogP) is 4.79. The fourth-order valence-electron chi connectivity index (χ4n) is 2.93. The summed E-state index contributed by atoms with van der Waals surface area (Å²) in [5.41, 5.74) is 1.44. The fourth-order valence-corrected chi connectivity index (χ4v) is 2.93. The largest absolute Gasteiger partial charge is 0.481 e. The summed E-state index contributed by atoms with van der Waals surface area (Å²) < 4.78 is 39.8. The molecule has 0 aliphatic heterocycles. The van der Waals surface area contributed by atoms with Crippen molar-refractivity contribution in [2.24, 2.45) is 0 Å². The molecule has 6 heteroatoms. The first-order chi connectivity index (χ1) is 11.3. The zero-order valence-electron chi connectivity index (χ0n) is 12.7. The van der Waals surface area contributed by atoms with Gasteiger partial charge in [0.25, 0.3) is 0 Å². The lowest BCUT2D eigenvalue weighted by molar-refractivity contribution is -0.137. The first-order valence-electron chi connectivity index (χ1n) is 7.27. The summed E-state index contributed by atoms with van der Waals surface area (Å²) in [6, 6.07) is 11.0. The van der Waals surface area contributed by atoms with E-state index < -0.39 is 17.7 Å². The molecule has 3 rings (SSSR count). The lowest BCUT2D eigenvalue weighted by Gasteiger charge is -2.07. The van der Waals surface area contributed by atoms with Gasteiger partial charge in [0.2, 0.25) is 0 Å². The Kier molecular flexibility index (Phi) is 3.83. The van der Waals surface area contributed by atoms with Gasteiger partial charge in [-0.25, -0.2) is 0 Å². The van der Waals surface area contributed by atoms with Gasteiger partial charge in [-0.3, -0.25) is 4.79 Å². The van der Waals surface area contributed by atoms with E-state index in [4.69, 9.17) is 0 Å². The number of alkyl halides is 3. The standard InChI is InChI=1S/C18H14F3NO2/c1-10-5-2-3-6-11(10)16-13(9-15(23)24)12-7-4-8-14(17(12)22-16)18(19,20)21/h2-8,22H,9H2,1H3,(H,23,24). The van der Waals surface area contributed by atoms with Crippen molar-refractivity contribution in [2.45, 2.75) is 19.5 Å². The highest BCUT2D eigenvalue weighted by atomic mass is 19.4. The molecule has 0 unspecified atom stereocenters. The molecule has 1 heterocycles. The minimum absolute atomic E-state index is 0.0838. The van der Waals surface area contributed by atoms with Crippen LogP contribution < -0.4 is 0 Å². The molecule has 3 nitrogen and oxygen atoms in total. The minimum Gasteiger partial charge on any atom is -0.481 e. The second-order valence-electron chi connectivity index (χ2n) is 5.59. The van der Waals surface area contributed by atoms with Gasteiger partial charge in [0, 0.05) is 10.9 Å². The van der Waals surface area contributed by atoms with E-state index >= 15 is 0 Å². The van der Waals surface area contributed by atoms with E-state index in [1.54, 1.807) is 12.1 Å². The van der Waals surface area contributed by atoms with Crippen molar-refractivity contribution in [3.8, 4) is 11.3 Å². The Hall–Kier alpha value is -2.76. The Bertz CT molecular complexity index is 926. The summed E-state index contributed by atoms with van der Waals surface area (Å²) in [6.07, 6.45) is -4.88. The Morgan fingerprint density at radius 1 is 1.12 bits per heavy atom. The number of aryl methyl sites for hydroxylation is 1. The zero-order valence-corrected chi connectivity index (χ0v) is 12.7. The van der Waals surface area contributed by atoms with Gasteiger partial charge in [-0.2, -0.15) is 13.2 Å². The topological polar surface area (TPSA) is 53.1 Å². The molecule has 0 saturated carbocycles. The van der Waals surface area contributed by atoms with Crippen LogP contribution in [0, 0.1) is 6.92 Å². The van der Waals surface area contributed by atoms with Gasteiger partial charge in [0.1, 0.15) is 0 Å². The van der Waals surface area contributed by atoms with Crippen LogP contribution in [0.2, 0.25) is 0 Å². The van der Waals surface area contributed by atoms with E-state index in [2.05, 4.69) is 4.98 Å². The maximum atomic E-state index is 13.3. The molecule has 2 N–H and O–H groups in total. The lowest BCUT2D eigenvalue weighted by Crippen LogP contribution is -2.05. The molecule has 0 fully saturated rings. The number of benzene rings is 2. The number of carboxylic acids is 1. The first kappa shape index (κ1) is 16.1. The number of aliphatic carboxylic acids is 1. The van der Waals surface area contributed by atoms with Gasteiger partial charge in [0.05, 0.1) is 23.2 Å². The number of fused-ring (bicyclic) bond motifs is 1. The highest BCUT2D eigenvalue weighted by molar-refractivity contribution is 5.96. The lowest BCUT2D eigenvalue weighted by atomic mass is 9.99. The molecule has 0 bridgehead atoms. The van der Waals surface area contributed by atoms with Crippen molar-refractivity contribution in [3.05, 3.63) is 59.2 Å². The smallest absolute Gasteiger partial charge is 0.418 e. The summed E-state index contributed by atoms with van der Waals surface area (Å²) in [7, 11) is 0. The number of hydrogen-bond acceptors (Lipinski definition) is 1. The Balaban J connectivity index is 2.36. The molecule has 0 radical (unpaired) electrons. The third-order valence-electron chi connectivity index (χ3n) is 3.99. The Morgan fingerprint density at radius 2 is 1.83 bits per heavy atom. The van der Waals surface area contributed by atoms with Crippen molar-refractivity contribution in [1.29, 1.82) is 0 Å². The summed E-state index contributed by atoms with van der Waals surface area (Å²) in [5.74, 6) is -1.09. The Labute approximate surface area is 135 Å². The van der Waals surface area contributed by atoms with E-state index in [9.17, 15) is 23.1 Å². The molecule has 24 heavy (non-hydrogen) atoms. The summed E-state index contributed by atoms with van der Waals surface area (Å²) in [5, 5.41) is 9.46. The number of carboxylic acid groups (broad SMARTS) is 1. The molecule has 0 saturated heterocycles. The van der Waals surface area contributed by atoms with Gasteiger partial charge in [-0.15, -0.1) is 0 Å². The van der Waals surface area contributed by atoms with Crippen molar-refractivity contribution < 1.29 is 23.1 Å². The highest BCUT2D eigenvalue weighted by Crippen LogP contribution is 2.39. The van der Waals surface area contributed by atoms with Crippen LogP contribution in [0.15, 0.2) is 42.5 Å². The van der Waals surface area contributed by atoms with E-state index in [-0.39, 0.29) is 17.3 Å². The average Bonchev–Trinajstić information content (AvgIpc) is 2.84. The monoisotopic (exact) mass is 333 g/mol. The van der Waals surface area contributed by atoms with Crippen molar-refractivity contribution in [1.82, 2.24) is 4.98 Å². The van der Waals surface area contributed by atoms with Crippen molar-refractivity contribution >= 4 is 16.9 Å². The summed E-state index contributed by atoms with van der Waals surface area (Å²) in [6.45, 7) is 1.83. The summed E-state index contributed by atoms with van der Waals surface area (Å²) >= 11 is 0. The average molecular weight is 333 g/mol. The van der Waals surface area contributed by atoms with Crippen molar-refractivity contribution in [3.63, 3.8) is 0 Å². The molecule has 3 aromatic rings. The molecule has 0 spiro atoms. The number of halogens is 3. The van der Waals surface area contributed by atoms with Crippen LogP contribution in [0.25, 0.3) is 22.2 Å². The molecule has 2 aromatic carbocycles. The number of nitrogens with one attached hydrogen (secondary N) is 1. The molecular formula is C18H14F3NO2. The highest BCUT2D eigenvalue weighted by Gasteiger charge is 2.34. The second kappa shape index (κ2) is 5.70. The van der Waals surface area contributed by atoms with Gasteiger partial charge in [0.15, 0.2) is 0 Å². The number of hydrogen-bond donors (Lipinski definition) is 2. The number of rotatable bonds is 3. The maximum Gasteiger partial charge on any atom is 0.418 e. The third-order valence-corrected chi connectivity index (χ3v) is 3.99. The van der Waals surface area contributed by atoms with Gasteiger partial charge >= 0.3 is 12.1 Å². The molecule has 1 aromatic heterocycles. The molecule has 0 atom stereocenters. The third kappa shape index (κ3) is 2.75. The first-order valence-corrected chi connectivity index (χ1v) is 7.27. The summed E-state index contributed by atoms with van der Waals surface area (Å²) in [4.78, 5) is 14.0. The van der Waals surface area contributed by atoms with Crippen LogP contribution in [-0.4, -0.2) is 16.1 Å². The zero-order chi connectivity index (χ0) is 17.5. The Morgan fingerprint density at radius 3 is 2.46 bits per heavy atom. The van der Waals surface area contributed by atoms with E-state index in [1.807, 2.05) is 19.1 Å². The number of H-pyrrole nitrogens is 1. The molecule has 0 aliphatic rings. The predicted molar refractivity (Wildman–Crippen MR) is 84.8 cm³/mol. The molecule has 124 valence electrons. The van der Waals surface area contributed by atoms with Crippen LogP contribution in [0.4, 0.5) is 13.2 Å². The minimum atomic E-state index is -4.52. The van der Waals surface area contributed by atoms with Gasteiger partial charge in [-0.1, -0.05) is 36.4 Å². The number of para-hydroxylation sites is 1. The van der Waals surface area contributed by atoms with Crippen molar-refractivity contribution in [2.75, 3.05) is 0 Å². The number of carbonyl (C=O) groups is 1. The van der Waals surface area contributed by atoms with Crippen LogP contribution in [0.1, 0.15) is 16.7 Å². The normalized spacial score (nSPS) is 11.8. The van der Waals surface area contributed by atoms with E-state index in [1.165, 1.54) is 12.1 Å². The molecule has 0 amide bonds. The van der Waals surface area contributed by atoms with E-state index in [0.29, 0.717) is 16.8 Å². The van der Waals surface area contributed by atoms with Gasteiger partial charge in [-0.05, 0) is 24.1 Å². The maximum absolute atomic E-state index is 13.3.